The van der Waals surface area contributed by atoms with E-state index in [1.165, 1.54) is 0 Å². The molecular weight excluding hydrogens is 382 g/mol. The Balaban J connectivity index is 1.51. The highest BCUT2D eigenvalue weighted by atomic mass is 16.4. The Morgan fingerprint density at radius 3 is 2.23 bits per heavy atom. The molecule has 1 aliphatic rings. The molecule has 30 heavy (non-hydrogen) atoms. The van der Waals surface area contributed by atoms with Gasteiger partial charge in [-0.25, -0.2) is 0 Å². The molecule has 0 spiro atoms. The van der Waals surface area contributed by atoms with E-state index in [1.54, 1.807) is 36.4 Å². The Labute approximate surface area is 176 Å². The number of rotatable bonds is 11. The van der Waals surface area contributed by atoms with Crippen molar-refractivity contribution in [1.82, 2.24) is 10.2 Å². The lowest BCUT2D eigenvalue weighted by molar-refractivity contribution is -0.135. The van der Waals surface area contributed by atoms with E-state index in [9.17, 15) is 14.4 Å². The Morgan fingerprint density at radius 1 is 0.900 bits per heavy atom. The fourth-order valence-corrected chi connectivity index (χ4v) is 3.65. The third-order valence-corrected chi connectivity index (χ3v) is 5.15. The Hall–Kier alpha value is -3.03. The molecule has 0 amide bonds. The summed E-state index contributed by atoms with van der Waals surface area (Å²) in [6.07, 6.45) is 1.75. The first kappa shape index (κ1) is 21.7. The fraction of sp³-hybridized carbons (Fsp3) is 0.348. The van der Waals surface area contributed by atoms with Crippen LogP contribution < -0.4 is 10.6 Å². The minimum Gasteiger partial charge on any atom is -0.480 e. The van der Waals surface area contributed by atoms with E-state index in [0.29, 0.717) is 41.0 Å². The van der Waals surface area contributed by atoms with E-state index < -0.39 is 5.97 Å². The second kappa shape index (κ2) is 10.1. The van der Waals surface area contributed by atoms with E-state index in [4.69, 9.17) is 5.11 Å². The second-order valence-corrected chi connectivity index (χ2v) is 7.44. The number of anilines is 1. The zero-order chi connectivity index (χ0) is 21.5. The van der Waals surface area contributed by atoms with E-state index in [-0.39, 0.29) is 18.1 Å². The molecule has 158 valence electrons. The number of carboxylic acids is 1. The van der Waals surface area contributed by atoms with E-state index in [1.807, 2.05) is 13.1 Å². The van der Waals surface area contributed by atoms with Gasteiger partial charge in [0.2, 0.25) is 0 Å². The van der Waals surface area contributed by atoms with Gasteiger partial charge in [-0.15, -0.1) is 0 Å². The highest BCUT2D eigenvalue weighted by molar-refractivity contribution is 6.30. The van der Waals surface area contributed by atoms with Crippen molar-refractivity contribution in [2.75, 3.05) is 45.1 Å². The van der Waals surface area contributed by atoms with Gasteiger partial charge < -0.3 is 20.6 Å². The third kappa shape index (κ3) is 5.11. The van der Waals surface area contributed by atoms with Gasteiger partial charge >= 0.3 is 5.97 Å². The molecule has 0 fully saturated rings. The van der Waals surface area contributed by atoms with Crippen molar-refractivity contribution in [2.45, 2.75) is 12.8 Å². The summed E-state index contributed by atoms with van der Waals surface area (Å²) in [7, 11) is 2.03. The lowest BCUT2D eigenvalue weighted by Crippen LogP contribution is -2.28. The number of aliphatic carboxylic acids is 1. The van der Waals surface area contributed by atoms with Crippen molar-refractivity contribution in [1.29, 1.82) is 0 Å². The summed E-state index contributed by atoms with van der Waals surface area (Å²) in [4.78, 5) is 38.4. The number of hydrogen-bond acceptors (Lipinski definition) is 6. The van der Waals surface area contributed by atoms with Crippen LogP contribution in [0.25, 0.3) is 0 Å². The van der Waals surface area contributed by atoms with Crippen LogP contribution in [0.2, 0.25) is 0 Å². The van der Waals surface area contributed by atoms with Crippen molar-refractivity contribution < 1.29 is 19.5 Å². The molecule has 0 bridgehead atoms. The van der Waals surface area contributed by atoms with E-state index in [0.717, 1.165) is 25.9 Å². The lowest BCUT2D eigenvalue weighted by atomic mass is 9.83. The Bertz CT molecular complexity index is 942. The molecule has 1 aliphatic carbocycles. The SMILES string of the molecule is CN(CCCNCC(=O)O)CCCNc1cccc2c1C(=O)c1ccccc1C2=O. The molecule has 2 aromatic carbocycles. The average molecular weight is 409 g/mol. The maximum Gasteiger partial charge on any atom is 0.317 e. The summed E-state index contributed by atoms with van der Waals surface area (Å²) in [5.74, 6) is -1.07. The number of nitrogens with zero attached hydrogens (tertiary/aromatic N) is 1. The van der Waals surface area contributed by atoms with Gasteiger partial charge in [0.25, 0.3) is 0 Å². The van der Waals surface area contributed by atoms with Crippen LogP contribution in [0.15, 0.2) is 42.5 Å². The second-order valence-electron chi connectivity index (χ2n) is 7.44. The van der Waals surface area contributed by atoms with Gasteiger partial charge in [-0.1, -0.05) is 36.4 Å². The molecule has 0 saturated carbocycles. The van der Waals surface area contributed by atoms with Crippen LogP contribution in [0.5, 0.6) is 0 Å². The predicted molar refractivity (Wildman–Crippen MR) is 115 cm³/mol. The van der Waals surface area contributed by atoms with Gasteiger partial charge in [0.05, 0.1) is 12.1 Å². The van der Waals surface area contributed by atoms with Gasteiger partial charge in [0, 0.05) is 28.9 Å². The van der Waals surface area contributed by atoms with Crippen LogP contribution in [0, 0.1) is 0 Å². The summed E-state index contributed by atoms with van der Waals surface area (Å²) >= 11 is 0. The summed E-state index contributed by atoms with van der Waals surface area (Å²) < 4.78 is 0. The lowest BCUT2D eigenvalue weighted by Gasteiger charge is -2.21. The standard InChI is InChI=1S/C23H27N3O4/c1-26(13-5-11-24-15-20(27)28)14-6-12-25-19-10-4-9-18-21(19)23(30)17-8-3-2-7-16(17)22(18)29/h2-4,7-10,24-25H,5-6,11-15H2,1H3,(H,27,28). The molecule has 2 aromatic rings. The summed E-state index contributed by atoms with van der Waals surface area (Å²) in [6.45, 7) is 3.08. The van der Waals surface area contributed by atoms with Crippen LogP contribution in [0.1, 0.15) is 44.7 Å². The van der Waals surface area contributed by atoms with Gasteiger partial charge in [0.1, 0.15) is 0 Å². The van der Waals surface area contributed by atoms with Gasteiger partial charge in [-0.3, -0.25) is 14.4 Å². The van der Waals surface area contributed by atoms with E-state index in [2.05, 4.69) is 15.5 Å². The topological polar surface area (TPSA) is 98.7 Å². The summed E-state index contributed by atoms with van der Waals surface area (Å²) in [5.41, 5.74) is 2.53. The molecular formula is C23H27N3O4. The fourth-order valence-electron chi connectivity index (χ4n) is 3.65. The predicted octanol–water partition coefficient (Wildman–Crippen LogP) is 2.26. The van der Waals surface area contributed by atoms with Gasteiger partial charge in [-0.05, 0) is 45.6 Å². The van der Waals surface area contributed by atoms with Crippen molar-refractivity contribution in [3.63, 3.8) is 0 Å². The van der Waals surface area contributed by atoms with Crippen LogP contribution in [0.4, 0.5) is 5.69 Å². The van der Waals surface area contributed by atoms with Crippen LogP contribution in [0.3, 0.4) is 0 Å². The Kier molecular flexibility index (Phi) is 7.32. The quantitative estimate of drug-likeness (QED) is 0.418. The molecule has 0 atom stereocenters. The molecule has 0 heterocycles. The number of hydrogen-bond donors (Lipinski definition) is 3. The molecule has 3 rings (SSSR count). The average Bonchev–Trinajstić information content (AvgIpc) is 2.74. The smallest absolute Gasteiger partial charge is 0.317 e. The number of carbonyl (C=O) groups excluding carboxylic acids is 2. The number of benzene rings is 2. The molecule has 7 heteroatoms. The molecule has 3 N–H and O–H groups in total. The number of carboxylic acid groups (broad SMARTS) is 1. The molecule has 0 aromatic heterocycles. The highest BCUT2D eigenvalue weighted by Gasteiger charge is 2.31. The number of carbonyl (C=O) groups is 3. The maximum absolute atomic E-state index is 13.0. The van der Waals surface area contributed by atoms with Crippen molar-refractivity contribution in [2.24, 2.45) is 0 Å². The molecule has 0 radical (unpaired) electrons. The van der Waals surface area contributed by atoms with Crippen molar-refractivity contribution in [3.8, 4) is 0 Å². The molecule has 0 saturated heterocycles. The third-order valence-electron chi connectivity index (χ3n) is 5.15. The molecule has 7 nitrogen and oxygen atoms in total. The van der Waals surface area contributed by atoms with Crippen molar-refractivity contribution >= 4 is 23.2 Å². The maximum atomic E-state index is 13.0. The minimum absolute atomic E-state index is 0.0132. The largest absolute Gasteiger partial charge is 0.480 e. The minimum atomic E-state index is -0.846. The number of ketones is 2. The summed E-state index contributed by atoms with van der Waals surface area (Å²) in [5, 5.41) is 14.8. The number of fused-ring (bicyclic) bond motifs is 2. The molecule has 0 unspecified atom stereocenters. The van der Waals surface area contributed by atoms with Crippen LogP contribution in [-0.4, -0.2) is 67.3 Å². The zero-order valence-electron chi connectivity index (χ0n) is 17.1. The van der Waals surface area contributed by atoms with Gasteiger partial charge in [-0.2, -0.15) is 0 Å². The Morgan fingerprint density at radius 2 is 1.53 bits per heavy atom. The first-order valence-corrected chi connectivity index (χ1v) is 10.2. The normalized spacial score (nSPS) is 12.6. The zero-order valence-corrected chi connectivity index (χ0v) is 17.1. The van der Waals surface area contributed by atoms with Crippen molar-refractivity contribution in [3.05, 3.63) is 64.7 Å². The first-order valence-electron chi connectivity index (χ1n) is 10.2. The van der Waals surface area contributed by atoms with Crippen LogP contribution in [-0.2, 0) is 4.79 Å². The highest BCUT2D eigenvalue weighted by Crippen LogP contribution is 2.31. The van der Waals surface area contributed by atoms with Gasteiger partial charge in [0.15, 0.2) is 11.6 Å². The summed E-state index contributed by atoms with van der Waals surface area (Å²) in [6, 6.07) is 12.3. The first-order chi connectivity index (χ1) is 14.5. The monoisotopic (exact) mass is 409 g/mol. The van der Waals surface area contributed by atoms with E-state index >= 15 is 0 Å². The molecule has 0 aliphatic heterocycles. The number of nitrogens with one attached hydrogen (secondary N) is 2. The van der Waals surface area contributed by atoms with Crippen LogP contribution >= 0.6 is 0 Å².